The van der Waals surface area contributed by atoms with Crippen LogP contribution >= 0.6 is 0 Å². The number of para-hydroxylation sites is 1. The summed E-state index contributed by atoms with van der Waals surface area (Å²) in [5.74, 6) is 0. The third-order valence-electron chi connectivity index (χ3n) is 5.23. The fourth-order valence-electron chi connectivity index (χ4n) is 3.51. The Morgan fingerprint density at radius 1 is 1.00 bits per heavy atom. The molecule has 0 spiro atoms. The van der Waals surface area contributed by atoms with Gasteiger partial charge in [0.05, 0.1) is 12.1 Å². The second kappa shape index (κ2) is 10.9. The molecule has 0 saturated heterocycles. The highest BCUT2D eigenvalue weighted by atomic mass is 19.4. The number of alkyl halides is 3. The zero-order valence-electron chi connectivity index (χ0n) is 18.1. The van der Waals surface area contributed by atoms with Crippen LogP contribution in [0.4, 0.5) is 23.7 Å². The van der Waals surface area contributed by atoms with Crippen LogP contribution in [-0.4, -0.2) is 22.0 Å². The zero-order chi connectivity index (χ0) is 23.0. The van der Waals surface area contributed by atoms with Gasteiger partial charge < -0.3 is 14.8 Å². The van der Waals surface area contributed by atoms with Gasteiger partial charge in [0.1, 0.15) is 0 Å². The summed E-state index contributed by atoms with van der Waals surface area (Å²) in [6.07, 6.45) is 0.392. The summed E-state index contributed by atoms with van der Waals surface area (Å²) < 4.78 is 41.1. The Morgan fingerprint density at radius 3 is 2.50 bits per heavy atom. The molecule has 1 N–H and O–H groups in total. The van der Waals surface area contributed by atoms with Crippen molar-refractivity contribution in [3.05, 3.63) is 89.7 Å². The highest BCUT2D eigenvalue weighted by Crippen LogP contribution is 2.29. The van der Waals surface area contributed by atoms with E-state index in [0.717, 1.165) is 36.7 Å². The third-order valence-corrected chi connectivity index (χ3v) is 5.23. The van der Waals surface area contributed by atoms with Crippen molar-refractivity contribution >= 4 is 11.7 Å². The minimum atomic E-state index is -4.37. The molecule has 2 aromatic carbocycles. The van der Waals surface area contributed by atoms with Crippen molar-refractivity contribution in [2.75, 3.05) is 11.9 Å². The molecule has 3 rings (SSSR count). The third kappa shape index (κ3) is 6.64. The molecular formula is C25H28F3N3O. The average Bonchev–Trinajstić information content (AvgIpc) is 3.20. The summed E-state index contributed by atoms with van der Waals surface area (Å²) in [6.45, 7) is 3.37. The lowest BCUT2D eigenvalue weighted by atomic mass is 10.1. The molecule has 0 fully saturated rings. The van der Waals surface area contributed by atoms with Crippen LogP contribution in [0.2, 0.25) is 0 Å². The first-order chi connectivity index (χ1) is 15.4. The van der Waals surface area contributed by atoms with Gasteiger partial charge in [-0.1, -0.05) is 50.1 Å². The Balaban J connectivity index is 1.74. The first-order valence-electron chi connectivity index (χ1n) is 10.8. The number of nitrogens with one attached hydrogen (secondary N) is 1. The van der Waals surface area contributed by atoms with Gasteiger partial charge in [-0.3, -0.25) is 0 Å². The summed E-state index contributed by atoms with van der Waals surface area (Å²) in [5.41, 5.74) is 1.48. The molecule has 2 amide bonds. The number of halogens is 3. The van der Waals surface area contributed by atoms with Crippen LogP contribution in [0.15, 0.2) is 72.9 Å². The second-order valence-electron chi connectivity index (χ2n) is 7.75. The van der Waals surface area contributed by atoms with Crippen LogP contribution in [0.3, 0.4) is 0 Å². The van der Waals surface area contributed by atoms with E-state index in [1.54, 1.807) is 11.0 Å². The van der Waals surface area contributed by atoms with E-state index in [-0.39, 0.29) is 6.03 Å². The van der Waals surface area contributed by atoms with E-state index in [9.17, 15) is 18.0 Å². The van der Waals surface area contributed by atoms with E-state index in [0.29, 0.717) is 25.2 Å². The van der Waals surface area contributed by atoms with Gasteiger partial charge >= 0.3 is 12.2 Å². The van der Waals surface area contributed by atoms with Crippen LogP contribution in [0, 0.1) is 0 Å². The number of carbonyl (C=O) groups is 1. The Hall–Kier alpha value is -3.22. The van der Waals surface area contributed by atoms with Crippen molar-refractivity contribution < 1.29 is 18.0 Å². The maximum atomic E-state index is 13.1. The molecule has 0 atom stereocenters. The van der Waals surface area contributed by atoms with Crippen LogP contribution in [0.25, 0.3) is 0 Å². The standard InChI is InChI=1S/C25H28F3N3O/c1-2-3-7-15-31(24(32)29-22-12-5-4-6-13-22)19-23-14-9-16-30(23)18-20-10-8-11-21(17-20)25(26,27)28/h4-6,8-14,16-17H,2-3,7,15,18-19H2,1H3,(H,29,32). The van der Waals surface area contributed by atoms with Crippen molar-refractivity contribution in [3.63, 3.8) is 0 Å². The molecule has 0 saturated carbocycles. The molecule has 3 aromatic rings. The highest BCUT2D eigenvalue weighted by Gasteiger charge is 2.30. The number of urea groups is 1. The fraction of sp³-hybridized carbons (Fsp3) is 0.320. The van der Waals surface area contributed by atoms with Crippen molar-refractivity contribution in [1.82, 2.24) is 9.47 Å². The van der Waals surface area contributed by atoms with E-state index in [4.69, 9.17) is 0 Å². The van der Waals surface area contributed by atoms with Crippen molar-refractivity contribution in [3.8, 4) is 0 Å². The maximum Gasteiger partial charge on any atom is 0.416 e. The Morgan fingerprint density at radius 2 is 1.78 bits per heavy atom. The van der Waals surface area contributed by atoms with Crippen LogP contribution in [0.5, 0.6) is 0 Å². The molecule has 32 heavy (non-hydrogen) atoms. The molecule has 1 aromatic heterocycles. The number of hydrogen-bond donors (Lipinski definition) is 1. The summed E-state index contributed by atoms with van der Waals surface area (Å²) >= 11 is 0. The van der Waals surface area contributed by atoms with E-state index >= 15 is 0 Å². The fourth-order valence-corrected chi connectivity index (χ4v) is 3.51. The van der Waals surface area contributed by atoms with Crippen molar-refractivity contribution in [2.24, 2.45) is 0 Å². The van der Waals surface area contributed by atoms with Crippen molar-refractivity contribution in [1.29, 1.82) is 0 Å². The lowest BCUT2D eigenvalue weighted by molar-refractivity contribution is -0.137. The minimum absolute atomic E-state index is 0.195. The smallest absolute Gasteiger partial charge is 0.345 e. The Labute approximate surface area is 186 Å². The molecule has 0 bridgehead atoms. The number of benzene rings is 2. The zero-order valence-corrected chi connectivity index (χ0v) is 18.1. The number of unbranched alkanes of at least 4 members (excludes halogenated alkanes) is 2. The maximum absolute atomic E-state index is 13.1. The SMILES string of the molecule is CCCCCN(Cc1cccn1Cc1cccc(C(F)(F)F)c1)C(=O)Nc1ccccc1. The number of hydrogen-bond acceptors (Lipinski definition) is 1. The van der Waals surface area contributed by atoms with Crippen molar-refractivity contribution in [2.45, 2.75) is 45.5 Å². The molecule has 0 aliphatic rings. The number of amides is 2. The number of anilines is 1. The summed E-state index contributed by atoms with van der Waals surface area (Å²) in [5, 5.41) is 2.93. The van der Waals surface area contributed by atoms with Gasteiger partial charge in [0.2, 0.25) is 0 Å². The topological polar surface area (TPSA) is 37.3 Å². The van der Waals surface area contributed by atoms with E-state index < -0.39 is 11.7 Å². The van der Waals surface area contributed by atoms with Crippen LogP contribution < -0.4 is 5.32 Å². The molecule has 0 unspecified atom stereocenters. The second-order valence-corrected chi connectivity index (χ2v) is 7.75. The minimum Gasteiger partial charge on any atom is -0.345 e. The molecular weight excluding hydrogens is 415 g/mol. The number of carbonyl (C=O) groups excluding carboxylic acids is 1. The summed E-state index contributed by atoms with van der Waals surface area (Å²) in [6, 6.07) is 18.2. The van der Waals surface area contributed by atoms with Gasteiger partial charge in [-0.25, -0.2) is 4.79 Å². The average molecular weight is 444 g/mol. The summed E-state index contributed by atoms with van der Waals surface area (Å²) in [4.78, 5) is 14.7. The van der Waals surface area contributed by atoms with Gasteiger partial charge in [0, 0.05) is 30.7 Å². The lowest BCUT2D eigenvalue weighted by Gasteiger charge is -2.24. The molecule has 4 nitrogen and oxygen atoms in total. The first-order valence-corrected chi connectivity index (χ1v) is 10.8. The molecule has 0 aliphatic heterocycles. The quantitative estimate of drug-likeness (QED) is 0.364. The Bertz CT molecular complexity index is 999. The number of nitrogens with zero attached hydrogens (tertiary/aromatic N) is 2. The molecule has 7 heteroatoms. The molecule has 0 radical (unpaired) electrons. The predicted octanol–water partition coefficient (Wildman–Crippen LogP) is 6.78. The molecule has 0 aliphatic carbocycles. The van der Waals surface area contributed by atoms with E-state index in [1.807, 2.05) is 53.2 Å². The van der Waals surface area contributed by atoms with Crippen LogP contribution in [0.1, 0.15) is 43.0 Å². The van der Waals surface area contributed by atoms with Gasteiger partial charge in [-0.15, -0.1) is 0 Å². The monoisotopic (exact) mass is 443 g/mol. The normalized spacial score (nSPS) is 11.4. The largest absolute Gasteiger partial charge is 0.416 e. The van der Waals surface area contributed by atoms with Gasteiger partial charge in [0.25, 0.3) is 0 Å². The Kier molecular flexibility index (Phi) is 7.98. The first kappa shape index (κ1) is 23.4. The van der Waals surface area contributed by atoms with Gasteiger partial charge in [-0.2, -0.15) is 13.2 Å². The number of rotatable bonds is 9. The number of aromatic nitrogens is 1. The highest BCUT2D eigenvalue weighted by molar-refractivity contribution is 5.89. The summed E-state index contributed by atoms with van der Waals surface area (Å²) in [7, 11) is 0. The molecule has 170 valence electrons. The van der Waals surface area contributed by atoms with Crippen LogP contribution in [-0.2, 0) is 19.3 Å². The lowest BCUT2D eigenvalue weighted by Crippen LogP contribution is -2.36. The molecule has 1 heterocycles. The van der Waals surface area contributed by atoms with E-state index in [1.165, 1.54) is 12.1 Å². The van der Waals surface area contributed by atoms with Gasteiger partial charge in [0.15, 0.2) is 0 Å². The van der Waals surface area contributed by atoms with Gasteiger partial charge in [-0.05, 0) is 48.4 Å². The van der Waals surface area contributed by atoms with E-state index in [2.05, 4.69) is 12.2 Å². The predicted molar refractivity (Wildman–Crippen MR) is 120 cm³/mol.